The summed E-state index contributed by atoms with van der Waals surface area (Å²) in [6.45, 7) is 2.80. The molecule has 4 aromatic rings. The molecule has 0 fully saturated rings. The lowest BCUT2D eigenvalue weighted by Crippen LogP contribution is -2.32. The third-order valence-corrected chi connectivity index (χ3v) is 5.46. The molecule has 0 spiro atoms. The molecular weight excluding hydrogens is 486 g/mol. The number of aromatic amines is 2. The van der Waals surface area contributed by atoms with Gasteiger partial charge in [-0.2, -0.15) is 0 Å². The molecule has 0 aliphatic heterocycles. The molecule has 4 rings (SSSR count). The fraction of sp³-hybridized carbons (Fsp3) is 0.261. The summed E-state index contributed by atoms with van der Waals surface area (Å²) >= 11 is 3.36. The average Bonchev–Trinajstić information content (AvgIpc) is 3.23. The van der Waals surface area contributed by atoms with E-state index < -0.39 is 0 Å². The van der Waals surface area contributed by atoms with Crippen LogP contribution in [0.5, 0.6) is 5.75 Å². The van der Waals surface area contributed by atoms with Crippen molar-refractivity contribution in [2.45, 2.75) is 26.3 Å². The van der Waals surface area contributed by atoms with E-state index in [2.05, 4.69) is 52.8 Å². The maximum atomic E-state index is 12.7. The molecule has 0 unspecified atom stereocenters. The quantitative estimate of drug-likeness (QED) is 0.224. The molecule has 9 nitrogen and oxygen atoms in total. The van der Waals surface area contributed by atoms with Gasteiger partial charge < -0.3 is 9.72 Å². The summed E-state index contributed by atoms with van der Waals surface area (Å²) < 4.78 is 8.02. The highest BCUT2D eigenvalue weighted by Gasteiger charge is 2.12. The highest BCUT2D eigenvalue weighted by Crippen LogP contribution is 2.21. The zero-order chi connectivity index (χ0) is 23.2. The number of pyridine rings is 1. The van der Waals surface area contributed by atoms with E-state index in [0.29, 0.717) is 39.5 Å². The minimum absolute atomic E-state index is 0.147. The first-order valence-corrected chi connectivity index (χ1v) is 11.4. The summed E-state index contributed by atoms with van der Waals surface area (Å²) in [5.41, 5.74) is 3.42. The SMILES string of the molecule is CCCCn1c(=O)[nH]/c(=N\C(COc2ccc(-c3ccncc3)cc2)=N/C)c2[nH]c(Br)nc21. The zero-order valence-corrected chi connectivity index (χ0v) is 20.0. The van der Waals surface area contributed by atoms with Crippen molar-refractivity contribution in [3.63, 3.8) is 0 Å². The number of imidazole rings is 1. The molecule has 170 valence electrons. The van der Waals surface area contributed by atoms with Crippen LogP contribution < -0.4 is 15.9 Å². The highest BCUT2D eigenvalue weighted by molar-refractivity contribution is 9.10. The molecule has 0 saturated carbocycles. The van der Waals surface area contributed by atoms with Crippen LogP contribution in [0.3, 0.4) is 0 Å². The second kappa shape index (κ2) is 10.4. The number of hydrogen-bond donors (Lipinski definition) is 2. The van der Waals surface area contributed by atoms with Crippen LogP contribution in [-0.2, 0) is 6.54 Å². The van der Waals surface area contributed by atoms with Crippen LogP contribution in [0.2, 0.25) is 0 Å². The van der Waals surface area contributed by atoms with E-state index in [1.165, 1.54) is 0 Å². The maximum absolute atomic E-state index is 12.7. The topological polar surface area (TPSA) is 113 Å². The van der Waals surface area contributed by atoms with E-state index in [-0.39, 0.29) is 12.3 Å². The number of hydrogen-bond acceptors (Lipinski definition) is 5. The lowest BCUT2D eigenvalue weighted by Gasteiger charge is -2.08. The van der Waals surface area contributed by atoms with Crippen LogP contribution in [0.4, 0.5) is 0 Å². The molecule has 2 N–H and O–H groups in total. The predicted octanol–water partition coefficient (Wildman–Crippen LogP) is 3.69. The highest BCUT2D eigenvalue weighted by atomic mass is 79.9. The number of benzene rings is 1. The molecule has 0 atom stereocenters. The molecule has 1 aromatic carbocycles. The molecule has 3 aromatic heterocycles. The van der Waals surface area contributed by atoms with Crippen LogP contribution in [0, 0.1) is 0 Å². The van der Waals surface area contributed by atoms with Crippen LogP contribution >= 0.6 is 15.9 Å². The van der Waals surface area contributed by atoms with Gasteiger partial charge in [0.25, 0.3) is 0 Å². The average molecular weight is 510 g/mol. The number of unbranched alkanes of at least 4 members (excludes halogenated alkanes) is 1. The Labute approximate surface area is 198 Å². The lowest BCUT2D eigenvalue weighted by molar-refractivity contribution is 0.375. The molecule has 0 bridgehead atoms. The Hall–Kier alpha value is -3.53. The fourth-order valence-corrected chi connectivity index (χ4v) is 3.71. The van der Waals surface area contributed by atoms with Crippen molar-refractivity contribution in [2.24, 2.45) is 9.98 Å². The van der Waals surface area contributed by atoms with E-state index in [1.807, 2.05) is 36.4 Å². The Morgan fingerprint density at radius 2 is 1.85 bits per heavy atom. The molecule has 0 amide bonds. The van der Waals surface area contributed by atoms with Gasteiger partial charge in [-0.3, -0.25) is 19.5 Å². The number of halogens is 1. The molecule has 0 radical (unpaired) electrons. The Kier molecular flexibility index (Phi) is 7.13. The third kappa shape index (κ3) is 5.28. The summed E-state index contributed by atoms with van der Waals surface area (Å²) in [6.07, 6.45) is 5.37. The number of ether oxygens (including phenoxy) is 1. The normalized spacial score (nSPS) is 12.5. The number of H-pyrrole nitrogens is 2. The number of aryl methyl sites for hydroxylation is 1. The molecule has 0 aliphatic carbocycles. The molecule has 33 heavy (non-hydrogen) atoms. The third-order valence-electron chi connectivity index (χ3n) is 5.09. The summed E-state index contributed by atoms with van der Waals surface area (Å²) in [4.78, 5) is 35.8. The van der Waals surface area contributed by atoms with Crippen molar-refractivity contribution in [1.82, 2.24) is 24.5 Å². The minimum Gasteiger partial charge on any atom is -0.486 e. The van der Waals surface area contributed by atoms with E-state index >= 15 is 0 Å². The van der Waals surface area contributed by atoms with Gasteiger partial charge in [-0.15, -0.1) is 0 Å². The lowest BCUT2D eigenvalue weighted by atomic mass is 10.1. The van der Waals surface area contributed by atoms with Gasteiger partial charge in [0.1, 0.15) is 17.9 Å². The first-order chi connectivity index (χ1) is 16.1. The second-order valence-electron chi connectivity index (χ2n) is 7.31. The first-order valence-electron chi connectivity index (χ1n) is 10.6. The number of rotatable bonds is 7. The van der Waals surface area contributed by atoms with Crippen LogP contribution in [0.1, 0.15) is 19.8 Å². The molecule has 0 saturated heterocycles. The largest absolute Gasteiger partial charge is 0.486 e. The van der Waals surface area contributed by atoms with Crippen molar-refractivity contribution in [3.8, 4) is 16.9 Å². The Bertz CT molecular complexity index is 1390. The second-order valence-corrected chi connectivity index (χ2v) is 8.06. The Balaban J connectivity index is 1.56. The van der Waals surface area contributed by atoms with Gasteiger partial charge in [0.15, 0.2) is 21.7 Å². The first kappa shape index (κ1) is 22.7. The zero-order valence-electron chi connectivity index (χ0n) is 18.4. The number of nitrogens with zero attached hydrogens (tertiary/aromatic N) is 5. The van der Waals surface area contributed by atoms with Crippen LogP contribution in [-0.4, -0.2) is 44.0 Å². The van der Waals surface area contributed by atoms with E-state index in [4.69, 9.17) is 4.74 Å². The van der Waals surface area contributed by atoms with E-state index in [9.17, 15) is 4.79 Å². The van der Waals surface area contributed by atoms with Crippen molar-refractivity contribution in [2.75, 3.05) is 13.7 Å². The summed E-state index contributed by atoms with van der Waals surface area (Å²) in [6, 6.07) is 11.7. The smallest absolute Gasteiger partial charge is 0.328 e. The standard InChI is InChI=1S/C23H24BrN7O2/c1-3-4-13-31-21-19(28-22(24)30-21)20(29-23(31)32)27-18(25-2)14-33-17-7-5-15(6-8-17)16-9-11-26-12-10-16/h5-12H,3-4,13-14H2,1-2H3,(H,28,30)(H,25,27,29,32). The van der Waals surface area contributed by atoms with Gasteiger partial charge in [-0.05, 0) is 57.7 Å². The van der Waals surface area contributed by atoms with Crippen molar-refractivity contribution < 1.29 is 4.74 Å². The van der Waals surface area contributed by atoms with Gasteiger partial charge in [0, 0.05) is 26.0 Å². The number of aliphatic imine (C=N–C) groups is 1. The monoisotopic (exact) mass is 509 g/mol. The van der Waals surface area contributed by atoms with Gasteiger partial charge in [0.2, 0.25) is 0 Å². The number of aromatic nitrogens is 5. The number of nitrogens with one attached hydrogen (secondary N) is 2. The van der Waals surface area contributed by atoms with Gasteiger partial charge in [-0.1, -0.05) is 25.5 Å². The fourth-order valence-electron chi connectivity index (χ4n) is 3.34. The van der Waals surface area contributed by atoms with E-state index in [0.717, 1.165) is 24.0 Å². The number of amidine groups is 1. The molecular formula is C23H24BrN7O2. The molecule has 0 aliphatic rings. The number of fused-ring (bicyclic) bond motifs is 1. The van der Waals surface area contributed by atoms with Gasteiger partial charge in [0.05, 0.1) is 0 Å². The Morgan fingerprint density at radius 3 is 2.55 bits per heavy atom. The summed E-state index contributed by atoms with van der Waals surface area (Å²) in [7, 11) is 1.64. The predicted molar refractivity (Wildman–Crippen MR) is 131 cm³/mol. The Morgan fingerprint density at radius 1 is 1.12 bits per heavy atom. The maximum Gasteiger partial charge on any atom is 0.328 e. The minimum atomic E-state index is -0.267. The molecule has 3 heterocycles. The van der Waals surface area contributed by atoms with Crippen molar-refractivity contribution in [1.29, 1.82) is 0 Å². The molecule has 10 heteroatoms. The summed E-state index contributed by atoms with van der Waals surface area (Å²) in [5, 5.41) is 0. The van der Waals surface area contributed by atoms with Gasteiger partial charge >= 0.3 is 5.69 Å². The summed E-state index contributed by atoms with van der Waals surface area (Å²) in [5.74, 6) is 1.12. The van der Waals surface area contributed by atoms with E-state index in [1.54, 1.807) is 24.0 Å². The van der Waals surface area contributed by atoms with Gasteiger partial charge in [-0.25, -0.2) is 14.8 Å². The van der Waals surface area contributed by atoms with Crippen LogP contribution in [0.25, 0.3) is 22.3 Å². The van der Waals surface area contributed by atoms with Crippen molar-refractivity contribution >= 4 is 32.9 Å². The van der Waals surface area contributed by atoms with Crippen LogP contribution in [0.15, 0.2) is 68.3 Å². The van der Waals surface area contributed by atoms with Crippen molar-refractivity contribution in [3.05, 3.63) is 69.5 Å².